The molecule has 0 unspecified atom stereocenters. The van der Waals surface area contributed by atoms with Crippen LogP contribution in [0.4, 0.5) is 0 Å². The van der Waals surface area contributed by atoms with Crippen molar-refractivity contribution in [2.75, 3.05) is 5.75 Å². The summed E-state index contributed by atoms with van der Waals surface area (Å²) in [5, 5.41) is 33.2. The predicted molar refractivity (Wildman–Crippen MR) is 84.1 cm³/mol. The standard InChI is InChI=1S/C15H18N2O5S/c1-7-12(8(2)22-17-7)10-5-9(3-4-16-10)21-15-14(20)13(19)11(18)6-23-15/h3-5,11,13-15,18-20H,6H2,1-2H3/t11-,13+,14-,15-/m1/s1. The second-order valence-electron chi connectivity index (χ2n) is 5.44. The van der Waals surface area contributed by atoms with Gasteiger partial charge in [0.2, 0.25) is 0 Å². The van der Waals surface area contributed by atoms with Crippen molar-refractivity contribution in [3.63, 3.8) is 0 Å². The van der Waals surface area contributed by atoms with Gasteiger partial charge in [-0.15, -0.1) is 11.8 Å². The predicted octanol–water partition coefficient (Wildman–Crippen LogP) is 0.888. The van der Waals surface area contributed by atoms with Crippen molar-refractivity contribution in [3.8, 4) is 17.0 Å². The fraction of sp³-hybridized carbons (Fsp3) is 0.467. The van der Waals surface area contributed by atoms with Gasteiger partial charge in [-0.1, -0.05) is 5.16 Å². The van der Waals surface area contributed by atoms with E-state index in [1.54, 1.807) is 18.3 Å². The van der Waals surface area contributed by atoms with E-state index in [2.05, 4.69) is 10.1 Å². The molecule has 1 aliphatic rings. The highest BCUT2D eigenvalue weighted by Gasteiger charge is 2.38. The van der Waals surface area contributed by atoms with Gasteiger partial charge < -0.3 is 24.6 Å². The van der Waals surface area contributed by atoms with Gasteiger partial charge in [-0.2, -0.15) is 0 Å². The molecule has 0 amide bonds. The Morgan fingerprint density at radius 2 is 2.04 bits per heavy atom. The zero-order valence-corrected chi connectivity index (χ0v) is 13.5. The van der Waals surface area contributed by atoms with Gasteiger partial charge in [-0.3, -0.25) is 4.98 Å². The lowest BCUT2D eigenvalue weighted by atomic mass is 10.1. The molecule has 4 atom stereocenters. The van der Waals surface area contributed by atoms with Gasteiger partial charge in [-0.05, 0) is 19.9 Å². The summed E-state index contributed by atoms with van der Waals surface area (Å²) in [5.41, 5.74) is 1.54. The quantitative estimate of drug-likeness (QED) is 0.757. The summed E-state index contributed by atoms with van der Waals surface area (Å²) >= 11 is 1.25. The van der Waals surface area contributed by atoms with Crippen LogP contribution in [0.15, 0.2) is 22.9 Å². The zero-order chi connectivity index (χ0) is 16.6. The van der Waals surface area contributed by atoms with Gasteiger partial charge in [-0.25, -0.2) is 0 Å². The second kappa shape index (κ2) is 6.48. The third kappa shape index (κ3) is 3.20. The van der Waals surface area contributed by atoms with Crippen LogP contribution < -0.4 is 4.74 Å². The number of thioether (sulfide) groups is 1. The fourth-order valence-corrected chi connectivity index (χ4v) is 3.61. The molecule has 0 aromatic carbocycles. The number of ether oxygens (including phenoxy) is 1. The number of hydrogen-bond donors (Lipinski definition) is 3. The first-order chi connectivity index (χ1) is 11.0. The molecule has 1 aliphatic heterocycles. The highest BCUT2D eigenvalue weighted by Crippen LogP contribution is 2.31. The first-order valence-electron chi connectivity index (χ1n) is 7.19. The number of aliphatic hydroxyl groups is 3. The van der Waals surface area contributed by atoms with Crippen LogP contribution in [-0.4, -0.2) is 55.0 Å². The summed E-state index contributed by atoms with van der Waals surface area (Å²) in [6.45, 7) is 3.64. The monoisotopic (exact) mass is 338 g/mol. The molecule has 1 saturated heterocycles. The summed E-state index contributed by atoms with van der Waals surface area (Å²) in [7, 11) is 0. The van der Waals surface area contributed by atoms with E-state index in [1.165, 1.54) is 11.8 Å². The van der Waals surface area contributed by atoms with E-state index < -0.39 is 23.7 Å². The van der Waals surface area contributed by atoms with Crippen molar-refractivity contribution in [3.05, 3.63) is 29.8 Å². The van der Waals surface area contributed by atoms with Gasteiger partial charge in [0.15, 0.2) is 5.44 Å². The molecule has 3 N–H and O–H groups in total. The lowest BCUT2D eigenvalue weighted by Gasteiger charge is -2.34. The van der Waals surface area contributed by atoms with Gasteiger partial charge >= 0.3 is 0 Å². The Bertz CT molecular complexity index is 673. The molecule has 3 heterocycles. The molecular weight excluding hydrogens is 320 g/mol. The molecule has 0 saturated carbocycles. The Balaban J connectivity index is 1.81. The van der Waals surface area contributed by atoms with Crippen LogP contribution in [0, 0.1) is 13.8 Å². The summed E-state index contributed by atoms with van der Waals surface area (Å²) in [6.07, 6.45) is -1.74. The Morgan fingerprint density at radius 3 is 2.74 bits per heavy atom. The van der Waals surface area contributed by atoms with E-state index in [4.69, 9.17) is 9.26 Å². The summed E-state index contributed by atoms with van der Waals surface area (Å²) in [6, 6.07) is 3.41. The highest BCUT2D eigenvalue weighted by molar-refractivity contribution is 7.99. The second-order valence-corrected chi connectivity index (χ2v) is 6.58. The summed E-state index contributed by atoms with van der Waals surface area (Å²) < 4.78 is 10.9. The van der Waals surface area contributed by atoms with Crippen molar-refractivity contribution in [1.82, 2.24) is 10.1 Å². The number of hydrogen-bond acceptors (Lipinski definition) is 8. The van der Waals surface area contributed by atoms with E-state index in [9.17, 15) is 15.3 Å². The van der Waals surface area contributed by atoms with Crippen molar-refractivity contribution < 1.29 is 24.6 Å². The molecule has 8 heteroatoms. The number of aryl methyl sites for hydroxylation is 2. The lowest BCUT2D eigenvalue weighted by Crippen LogP contribution is -2.50. The molecule has 7 nitrogen and oxygen atoms in total. The first kappa shape index (κ1) is 16.3. The summed E-state index contributed by atoms with van der Waals surface area (Å²) in [4.78, 5) is 4.30. The SMILES string of the molecule is Cc1noc(C)c1-c1cc(O[C@@H]2SC[C@@H](O)[C@H](O)[C@H]2O)ccn1. The van der Waals surface area contributed by atoms with Crippen molar-refractivity contribution in [1.29, 1.82) is 0 Å². The van der Waals surface area contributed by atoms with Crippen LogP contribution in [-0.2, 0) is 0 Å². The highest BCUT2D eigenvalue weighted by atomic mass is 32.2. The van der Waals surface area contributed by atoms with E-state index in [1.807, 2.05) is 13.8 Å². The van der Waals surface area contributed by atoms with Gasteiger partial charge in [0.25, 0.3) is 0 Å². The van der Waals surface area contributed by atoms with Gasteiger partial charge in [0.1, 0.15) is 23.7 Å². The number of aromatic nitrogens is 2. The summed E-state index contributed by atoms with van der Waals surface area (Å²) in [5.74, 6) is 1.47. The Morgan fingerprint density at radius 1 is 1.26 bits per heavy atom. The van der Waals surface area contributed by atoms with E-state index in [0.29, 0.717) is 23.0 Å². The molecule has 1 fully saturated rings. The zero-order valence-electron chi connectivity index (χ0n) is 12.7. The minimum absolute atomic E-state index is 0.296. The number of pyridine rings is 1. The molecule has 3 rings (SSSR count). The average Bonchev–Trinajstić information content (AvgIpc) is 2.87. The molecule has 0 bridgehead atoms. The number of nitrogens with zero attached hydrogens (tertiary/aromatic N) is 2. The van der Waals surface area contributed by atoms with Crippen LogP contribution in [0.5, 0.6) is 5.75 Å². The van der Waals surface area contributed by atoms with E-state index in [-0.39, 0.29) is 0 Å². The van der Waals surface area contributed by atoms with Crippen LogP contribution in [0.1, 0.15) is 11.5 Å². The van der Waals surface area contributed by atoms with E-state index in [0.717, 1.165) is 11.3 Å². The maximum atomic E-state index is 10.0. The minimum atomic E-state index is -1.22. The first-order valence-corrected chi connectivity index (χ1v) is 8.24. The van der Waals surface area contributed by atoms with Crippen LogP contribution >= 0.6 is 11.8 Å². The molecular formula is C15H18N2O5S. The normalized spacial score (nSPS) is 27.9. The molecule has 0 radical (unpaired) electrons. The smallest absolute Gasteiger partial charge is 0.173 e. The molecule has 0 spiro atoms. The van der Waals surface area contributed by atoms with Crippen LogP contribution in [0.25, 0.3) is 11.3 Å². The van der Waals surface area contributed by atoms with Crippen molar-refractivity contribution in [2.24, 2.45) is 0 Å². The molecule has 0 aliphatic carbocycles. The van der Waals surface area contributed by atoms with Crippen LogP contribution in [0.2, 0.25) is 0 Å². The van der Waals surface area contributed by atoms with Crippen LogP contribution in [0.3, 0.4) is 0 Å². The van der Waals surface area contributed by atoms with Gasteiger partial charge in [0.05, 0.1) is 23.1 Å². The maximum Gasteiger partial charge on any atom is 0.173 e. The van der Waals surface area contributed by atoms with Gasteiger partial charge in [0, 0.05) is 18.0 Å². The molecule has 124 valence electrons. The minimum Gasteiger partial charge on any atom is -0.477 e. The third-order valence-corrected chi connectivity index (χ3v) is 4.96. The third-order valence-electron chi connectivity index (χ3n) is 3.73. The molecule has 2 aromatic rings. The average molecular weight is 338 g/mol. The molecule has 2 aromatic heterocycles. The molecule has 23 heavy (non-hydrogen) atoms. The fourth-order valence-electron chi connectivity index (χ4n) is 2.49. The maximum absolute atomic E-state index is 10.0. The Kier molecular flexibility index (Phi) is 4.58. The number of rotatable bonds is 3. The topological polar surface area (TPSA) is 109 Å². The Labute approximate surface area is 137 Å². The van der Waals surface area contributed by atoms with Crippen molar-refractivity contribution in [2.45, 2.75) is 37.6 Å². The number of aliphatic hydroxyl groups excluding tert-OH is 3. The lowest BCUT2D eigenvalue weighted by molar-refractivity contribution is -0.0786. The van der Waals surface area contributed by atoms with E-state index >= 15 is 0 Å². The van der Waals surface area contributed by atoms with Crippen molar-refractivity contribution >= 4 is 11.8 Å². The largest absolute Gasteiger partial charge is 0.477 e. The Hall–Kier alpha value is -1.61.